The van der Waals surface area contributed by atoms with Gasteiger partial charge in [0.05, 0.1) is 10.6 Å². The SMILES string of the molecule is O=C(c1cc(Br)ccc1F)c1cccc(Br)c1Cl. The van der Waals surface area contributed by atoms with E-state index < -0.39 is 11.6 Å². The fourth-order valence-corrected chi connectivity index (χ4v) is 2.43. The van der Waals surface area contributed by atoms with Crippen molar-refractivity contribution < 1.29 is 9.18 Å². The Morgan fingerprint density at radius 3 is 2.56 bits per heavy atom. The zero-order valence-corrected chi connectivity index (χ0v) is 12.8. The summed E-state index contributed by atoms with van der Waals surface area (Å²) >= 11 is 12.5. The Morgan fingerprint density at radius 1 is 1.11 bits per heavy atom. The molecule has 0 aromatic heterocycles. The first kappa shape index (κ1) is 13.7. The van der Waals surface area contributed by atoms with Gasteiger partial charge in [0.2, 0.25) is 0 Å². The molecule has 0 N–H and O–H groups in total. The fourth-order valence-electron chi connectivity index (χ4n) is 1.50. The van der Waals surface area contributed by atoms with Crippen LogP contribution >= 0.6 is 43.5 Å². The minimum absolute atomic E-state index is 0.00984. The van der Waals surface area contributed by atoms with Crippen LogP contribution in [0, 0.1) is 5.82 Å². The molecule has 2 aromatic carbocycles. The Morgan fingerprint density at radius 2 is 1.83 bits per heavy atom. The van der Waals surface area contributed by atoms with Crippen LogP contribution < -0.4 is 0 Å². The van der Waals surface area contributed by atoms with Gasteiger partial charge in [-0.2, -0.15) is 0 Å². The molecule has 0 bridgehead atoms. The number of benzene rings is 2. The molecule has 5 heteroatoms. The number of ketones is 1. The molecule has 2 rings (SSSR count). The zero-order chi connectivity index (χ0) is 13.3. The van der Waals surface area contributed by atoms with Crippen molar-refractivity contribution in [1.29, 1.82) is 0 Å². The first-order valence-corrected chi connectivity index (χ1v) is 6.91. The molecule has 1 nitrogen and oxygen atoms in total. The summed E-state index contributed by atoms with van der Waals surface area (Å²) in [5.74, 6) is -1.01. The van der Waals surface area contributed by atoms with Crippen LogP contribution in [0.3, 0.4) is 0 Å². The smallest absolute Gasteiger partial charge is 0.197 e. The molecule has 0 aliphatic carbocycles. The molecular weight excluding hydrogens is 386 g/mol. The first-order valence-electron chi connectivity index (χ1n) is 4.94. The lowest BCUT2D eigenvalue weighted by atomic mass is 10.0. The molecule has 0 spiro atoms. The second-order valence-electron chi connectivity index (χ2n) is 3.55. The van der Waals surface area contributed by atoms with Gasteiger partial charge in [-0.15, -0.1) is 0 Å². The molecule has 0 radical (unpaired) electrons. The van der Waals surface area contributed by atoms with Crippen LogP contribution in [-0.4, -0.2) is 5.78 Å². The summed E-state index contributed by atoms with van der Waals surface area (Å²) in [7, 11) is 0. The Kier molecular flexibility index (Phi) is 4.20. The third-order valence-corrected chi connectivity index (χ3v) is 4.16. The van der Waals surface area contributed by atoms with Gasteiger partial charge in [-0.1, -0.05) is 33.6 Å². The first-order chi connectivity index (χ1) is 8.50. The molecule has 0 aliphatic rings. The van der Waals surface area contributed by atoms with E-state index in [4.69, 9.17) is 11.6 Å². The number of hydrogen-bond donors (Lipinski definition) is 0. The van der Waals surface area contributed by atoms with Crippen LogP contribution in [0.1, 0.15) is 15.9 Å². The molecule has 0 saturated heterocycles. The van der Waals surface area contributed by atoms with E-state index in [0.717, 1.165) is 0 Å². The lowest BCUT2D eigenvalue weighted by molar-refractivity contribution is 0.103. The van der Waals surface area contributed by atoms with Crippen LogP contribution in [-0.2, 0) is 0 Å². The van der Waals surface area contributed by atoms with Gasteiger partial charge in [-0.25, -0.2) is 4.39 Å². The molecule has 0 heterocycles. The summed E-state index contributed by atoms with van der Waals surface area (Å²) in [5, 5.41) is 0.280. The molecule has 0 fully saturated rings. The van der Waals surface area contributed by atoms with Gasteiger partial charge < -0.3 is 0 Å². The van der Waals surface area contributed by atoms with Crippen LogP contribution in [0.5, 0.6) is 0 Å². The van der Waals surface area contributed by atoms with Gasteiger partial charge in [0.1, 0.15) is 5.82 Å². The highest BCUT2D eigenvalue weighted by molar-refractivity contribution is 9.10. The van der Waals surface area contributed by atoms with Gasteiger partial charge in [-0.05, 0) is 46.3 Å². The van der Waals surface area contributed by atoms with E-state index in [2.05, 4.69) is 31.9 Å². The van der Waals surface area contributed by atoms with Crippen LogP contribution in [0.4, 0.5) is 4.39 Å². The topological polar surface area (TPSA) is 17.1 Å². The number of carbonyl (C=O) groups excluding carboxylic acids is 1. The summed E-state index contributed by atoms with van der Waals surface area (Å²) in [5.41, 5.74) is 0.257. The number of rotatable bonds is 2. The van der Waals surface area contributed by atoms with Crippen molar-refractivity contribution in [1.82, 2.24) is 0 Å². The average molecular weight is 392 g/mol. The van der Waals surface area contributed by atoms with E-state index in [-0.39, 0.29) is 16.1 Å². The third-order valence-electron chi connectivity index (χ3n) is 2.37. The van der Waals surface area contributed by atoms with Gasteiger partial charge in [0.25, 0.3) is 0 Å². The van der Waals surface area contributed by atoms with E-state index in [1.54, 1.807) is 18.2 Å². The van der Waals surface area contributed by atoms with Crippen molar-refractivity contribution in [2.24, 2.45) is 0 Å². The molecule has 2 aromatic rings. The van der Waals surface area contributed by atoms with Gasteiger partial charge >= 0.3 is 0 Å². The quantitative estimate of drug-likeness (QED) is 0.639. The normalized spacial score (nSPS) is 10.4. The minimum Gasteiger partial charge on any atom is -0.288 e. The van der Waals surface area contributed by atoms with Crippen molar-refractivity contribution >= 4 is 49.2 Å². The molecule has 18 heavy (non-hydrogen) atoms. The van der Waals surface area contributed by atoms with Crippen molar-refractivity contribution in [3.05, 3.63) is 67.3 Å². The van der Waals surface area contributed by atoms with E-state index in [1.807, 2.05) is 0 Å². The van der Waals surface area contributed by atoms with Crippen molar-refractivity contribution in [3.8, 4) is 0 Å². The highest BCUT2D eigenvalue weighted by Gasteiger charge is 2.18. The van der Waals surface area contributed by atoms with Crippen molar-refractivity contribution in [2.75, 3.05) is 0 Å². The Balaban J connectivity index is 2.55. The summed E-state index contributed by atoms with van der Waals surface area (Å²) in [6, 6.07) is 9.18. The predicted molar refractivity (Wildman–Crippen MR) is 76.7 cm³/mol. The minimum atomic E-state index is -0.570. The van der Waals surface area contributed by atoms with E-state index in [0.29, 0.717) is 8.95 Å². The van der Waals surface area contributed by atoms with Gasteiger partial charge in [0, 0.05) is 14.5 Å². The van der Waals surface area contributed by atoms with E-state index in [9.17, 15) is 9.18 Å². The summed E-state index contributed by atoms with van der Waals surface area (Å²) in [6.07, 6.45) is 0. The Bertz CT molecular complexity index is 624. The third kappa shape index (κ3) is 2.66. The molecule has 0 amide bonds. The van der Waals surface area contributed by atoms with Crippen molar-refractivity contribution in [3.63, 3.8) is 0 Å². The number of hydrogen-bond acceptors (Lipinski definition) is 1. The van der Waals surface area contributed by atoms with Crippen molar-refractivity contribution in [2.45, 2.75) is 0 Å². The van der Waals surface area contributed by atoms with Gasteiger partial charge in [-0.3, -0.25) is 4.79 Å². The average Bonchev–Trinajstić information content (AvgIpc) is 2.35. The number of halogens is 4. The largest absolute Gasteiger partial charge is 0.288 e. The molecule has 0 atom stereocenters. The highest BCUT2D eigenvalue weighted by Crippen LogP contribution is 2.29. The maximum absolute atomic E-state index is 13.6. The summed E-state index contributed by atoms with van der Waals surface area (Å²) in [4.78, 5) is 12.2. The van der Waals surface area contributed by atoms with Crippen LogP contribution in [0.15, 0.2) is 45.3 Å². The summed E-state index contributed by atoms with van der Waals surface area (Å²) in [6.45, 7) is 0. The second kappa shape index (κ2) is 5.51. The molecule has 0 unspecified atom stereocenters. The summed E-state index contributed by atoms with van der Waals surface area (Å²) < 4.78 is 14.9. The standard InChI is InChI=1S/C13H6Br2ClFO/c14-7-4-5-11(17)9(6-7)13(18)8-2-1-3-10(15)12(8)16/h1-6H. The maximum Gasteiger partial charge on any atom is 0.197 e. The van der Waals surface area contributed by atoms with Crippen LogP contribution in [0.2, 0.25) is 5.02 Å². The fraction of sp³-hybridized carbons (Fsp3) is 0. The monoisotopic (exact) mass is 390 g/mol. The van der Waals surface area contributed by atoms with E-state index >= 15 is 0 Å². The maximum atomic E-state index is 13.6. The Hall–Kier alpha value is -0.710. The van der Waals surface area contributed by atoms with Crippen LogP contribution in [0.25, 0.3) is 0 Å². The second-order valence-corrected chi connectivity index (χ2v) is 5.70. The van der Waals surface area contributed by atoms with Gasteiger partial charge in [0.15, 0.2) is 5.78 Å². The number of carbonyl (C=O) groups is 1. The lowest BCUT2D eigenvalue weighted by Crippen LogP contribution is -2.05. The van der Waals surface area contributed by atoms with E-state index in [1.165, 1.54) is 18.2 Å². The highest BCUT2D eigenvalue weighted by atomic mass is 79.9. The zero-order valence-electron chi connectivity index (χ0n) is 8.88. The lowest BCUT2D eigenvalue weighted by Gasteiger charge is -2.06. The molecular formula is C13H6Br2ClFO. The molecule has 0 aliphatic heterocycles. The molecule has 92 valence electrons. The Labute approximate surface area is 125 Å². The molecule has 0 saturated carbocycles. The predicted octanol–water partition coefficient (Wildman–Crippen LogP) is 5.24.